The number of anilines is 1. The van der Waals surface area contributed by atoms with Crippen LogP contribution in [0.5, 0.6) is 5.75 Å². The fourth-order valence-corrected chi connectivity index (χ4v) is 8.51. The number of amides is 1. The van der Waals surface area contributed by atoms with E-state index in [1.807, 2.05) is 56.1 Å². The van der Waals surface area contributed by atoms with Crippen molar-refractivity contribution in [3.05, 3.63) is 92.2 Å². The topological polar surface area (TPSA) is 101 Å². The van der Waals surface area contributed by atoms with Crippen LogP contribution < -0.4 is 20.5 Å². The van der Waals surface area contributed by atoms with Crippen molar-refractivity contribution in [3.63, 3.8) is 0 Å². The van der Waals surface area contributed by atoms with Crippen molar-refractivity contribution in [1.29, 1.82) is 0 Å². The van der Waals surface area contributed by atoms with Crippen molar-refractivity contribution in [1.82, 2.24) is 20.0 Å². The number of para-hydroxylation sites is 1. The quantitative estimate of drug-likeness (QED) is 0.142. The Balaban J connectivity index is 1.35. The van der Waals surface area contributed by atoms with E-state index >= 15 is 0 Å². The highest BCUT2D eigenvalue weighted by Gasteiger charge is 2.40. The molecule has 256 valence electrons. The summed E-state index contributed by atoms with van der Waals surface area (Å²) in [5.74, 6) is -0.271. The molecule has 49 heavy (non-hydrogen) atoms. The molecule has 2 aromatic heterocycles. The summed E-state index contributed by atoms with van der Waals surface area (Å²) in [5.41, 5.74) is 14.0. The standard InChI is InChI=1S/C38H41Cl2N5O4/c1-19-15-24(16-20(2)33(19)40)49-14-8-10-25-27-12-13-29(39)32(31-22(4)41-42-23(31)5)35(27)45-21(3)17-44(37(46)36(25)45)30-11-7-9-26-28(38(47)48)18-43(6)34(26)30/h7,9,11-13,15-16,18,21-23,31,41-42H,8,10,14,17H2,1-6H3,(H,47,48)/t21-,22?,23?,31?/m1/s1. The molecule has 1 fully saturated rings. The van der Waals surface area contributed by atoms with Gasteiger partial charge in [-0.3, -0.25) is 15.6 Å². The van der Waals surface area contributed by atoms with Gasteiger partial charge in [-0.1, -0.05) is 41.4 Å². The molecule has 2 unspecified atom stereocenters. The second-order valence-corrected chi connectivity index (χ2v) is 14.5. The van der Waals surface area contributed by atoms with E-state index in [0.29, 0.717) is 53.3 Å². The molecule has 3 N–H and O–H groups in total. The van der Waals surface area contributed by atoms with Crippen molar-refractivity contribution in [2.24, 2.45) is 7.05 Å². The number of aromatic nitrogens is 2. The number of aromatic carboxylic acids is 1. The molecule has 7 rings (SSSR count). The Morgan fingerprint density at radius 1 is 1.00 bits per heavy atom. The molecule has 2 aliphatic heterocycles. The van der Waals surface area contributed by atoms with E-state index in [0.717, 1.165) is 43.9 Å². The van der Waals surface area contributed by atoms with Gasteiger partial charge in [0, 0.05) is 70.2 Å². The Labute approximate surface area is 295 Å². The summed E-state index contributed by atoms with van der Waals surface area (Å²) in [7, 11) is 1.82. The van der Waals surface area contributed by atoms with Crippen LogP contribution >= 0.6 is 23.2 Å². The van der Waals surface area contributed by atoms with Crippen molar-refractivity contribution in [2.45, 2.75) is 71.5 Å². The lowest BCUT2D eigenvalue weighted by Crippen LogP contribution is -2.43. The first-order valence-corrected chi connectivity index (χ1v) is 17.5. The smallest absolute Gasteiger partial charge is 0.337 e. The normalized spacial score (nSPS) is 20.8. The highest BCUT2D eigenvalue weighted by atomic mass is 35.5. The van der Waals surface area contributed by atoms with E-state index in [2.05, 4.69) is 42.3 Å². The molecule has 1 saturated heterocycles. The van der Waals surface area contributed by atoms with E-state index in [1.165, 1.54) is 0 Å². The average molecular weight is 703 g/mol. The van der Waals surface area contributed by atoms with E-state index in [4.69, 9.17) is 27.9 Å². The molecule has 3 aromatic carbocycles. The Morgan fingerprint density at radius 3 is 2.37 bits per heavy atom. The molecule has 5 aromatic rings. The van der Waals surface area contributed by atoms with Gasteiger partial charge in [0.1, 0.15) is 11.4 Å². The number of carboxylic acid groups (broad SMARTS) is 1. The maximum absolute atomic E-state index is 14.9. The minimum atomic E-state index is -1.00. The second-order valence-electron chi connectivity index (χ2n) is 13.7. The fraction of sp³-hybridized carbons (Fsp3) is 0.368. The van der Waals surface area contributed by atoms with Crippen LogP contribution in [-0.2, 0) is 13.5 Å². The summed E-state index contributed by atoms with van der Waals surface area (Å²) >= 11 is 13.5. The average Bonchev–Trinajstić information content (AvgIpc) is 3.70. The van der Waals surface area contributed by atoms with Gasteiger partial charge in [0.2, 0.25) is 0 Å². The maximum Gasteiger partial charge on any atom is 0.337 e. The van der Waals surface area contributed by atoms with Crippen molar-refractivity contribution in [3.8, 4) is 5.75 Å². The van der Waals surface area contributed by atoms with Crippen LogP contribution in [0, 0.1) is 13.8 Å². The van der Waals surface area contributed by atoms with Crippen LogP contribution in [0.4, 0.5) is 5.69 Å². The maximum atomic E-state index is 14.9. The van der Waals surface area contributed by atoms with Crippen LogP contribution in [0.2, 0.25) is 10.0 Å². The third-order valence-corrected chi connectivity index (χ3v) is 11.2. The number of aryl methyl sites for hydroxylation is 4. The highest BCUT2D eigenvalue weighted by molar-refractivity contribution is 6.33. The van der Waals surface area contributed by atoms with Crippen LogP contribution in [0.25, 0.3) is 21.8 Å². The number of fused-ring (bicyclic) bond motifs is 4. The Hall–Kier alpha value is -4.02. The van der Waals surface area contributed by atoms with E-state index in [1.54, 1.807) is 16.8 Å². The largest absolute Gasteiger partial charge is 0.494 e. The molecule has 0 radical (unpaired) electrons. The number of benzene rings is 3. The predicted molar refractivity (Wildman–Crippen MR) is 196 cm³/mol. The Bertz CT molecular complexity index is 2120. The number of carbonyl (C=O) groups is 2. The minimum Gasteiger partial charge on any atom is -0.494 e. The van der Waals surface area contributed by atoms with Gasteiger partial charge in [0.25, 0.3) is 5.91 Å². The molecule has 3 atom stereocenters. The van der Waals surface area contributed by atoms with Crippen molar-refractivity contribution in [2.75, 3.05) is 18.1 Å². The highest BCUT2D eigenvalue weighted by Crippen LogP contribution is 2.45. The number of carboxylic acids is 1. The van der Waals surface area contributed by atoms with Crippen molar-refractivity contribution < 1.29 is 19.4 Å². The lowest BCUT2D eigenvalue weighted by Gasteiger charge is -2.35. The van der Waals surface area contributed by atoms with Crippen LogP contribution in [-0.4, -0.2) is 51.4 Å². The number of hydrazine groups is 1. The van der Waals surface area contributed by atoms with Crippen molar-refractivity contribution >= 4 is 62.6 Å². The molecular weight excluding hydrogens is 661 g/mol. The molecule has 11 heteroatoms. The monoisotopic (exact) mass is 701 g/mol. The number of ether oxygens (including phenoxy) is 1. The zero-order valence-corrected chi connectivity index (χ0v) is 30.0. The number of carbonyl (C=O) groups excluding carboxylic acids is 1. The predicted octanol–water partition coefficient (Wildman–Crippen LogP) is 7.96. The summed E-state index contributed by atoms with van der Waals surface area (Å²) in [4.78, 5) is 28.8. The van der Waals surface area contributed by atoms with Gasteiger partial charge in [-0.15, -0.1) is 0 Å². The number of hydrogen-bond donors (Lipinski definition) is 3. The van der Waals surface area contributed by atoms with Gasteiger partial charge in [-0.2, -0.15) is 0 Å². The summed E-state index contributed by atoms with van der Waals surface area (Å²) in [6.45, 7) is 11.3. The summed E-state index contributed by atoms with van der Waals surface area (Å²) in [6, 6.07) is 13.6. The van der Waals surface area contributed by atoms with E-state index in [9.17, 15) is 14.7 Å². The fourth-order valence-electron chi connectivity index (χ4n) is 8.12. The first-order chi connectivity index (χ1) is 23.4. The van der Waals surface area contributed by atoms with Gasteiger partial charge >= 0.3 is 5.97 Å². The number of rotatable bonds is 8. The summed E-state index contributed by atoms with van der Waals surface area (Å²) < 4.78 is 10.2. The second kappa shape index (κ2) is 12.7. The van der Waals surface area contributed by atoms with E-state index in [-0.39, 0.29) is 35.5 Å². The molecule has 0 spiro atoms. The number of nitrogens with one attached hydrogen (secondary N) is 2. The zero-order chi connectivity index (χ0) is 34.9. The lowest BCUT2D eigenvalue weighted by atomic mass is 9.87. The van der Waals surface area contributed by atoms with Gasteiger partial charge in [0.15, 0.2) is 0 Å². The molecular formula is C38H41Cl2N5O4. The number of hydrogen-bond acceptors (Lipinski definition) is 5. The summed E-state index contributed by atoms with van der Waals surface area (Å²) in [5, 5.41) is 12.9. The lowest BCUT2D eigenvalue weighted by molar-refractivity contribution is 0.0698. The van der Waals surface area contributed by atoms with Gasteiger partial charge in [-0.25, -0.2) is 4.79 Å². The Morgan fingerprint density at radius 2 is 1.69 bits per heavy atom. The molecule has 1 amide bonds. The van der Waals surface area contributed by atoms with Crippen LogP contribution in [0.3, 0.4) is 0 Å². The molecule has 0 bridgehead atoms. The van der Waals surface area contributed by atoms with Gasteiger partial charge in [-0.05, 0) is 88.4 Å². The first-order valence-electron chi connectivity index (χ1n) is 16.8. The molecule has 0 saturated carbocycles. The third-order valence-electron chi connectivity index (χ3n) is 10.3. The first kappa shape index (κ1) is 33.5. The molecule has 0 aliphatic carbocycles. The summed E-state index contributed by atoms with van der Waals surface area (Å²) in [6.07, 6.45) is 2.91. The number of halogens is 2. The molecule has 9 nitrogen and oxygen atoms in total. The number of nitrogens with zero attached hydrogens (tertiary/aromatic N) is 3. The van der Waals surface area contributed by atoms with E-state index < -0.39 is 5.97 Å². The molecule has 4 heterocycles. The van der Waals surface area contributed by atoms with Crippen LogP contribution in [0.15, 0.2) is 48.7 Å². The minimum absolute atomic E-state index is 0.0784. The zero-order valence-electron chi connectivity index (χ0n) is 28.5. The van der Waals surface area contributed by atoms with Gasteiger partial charge < -0.3 is 23.9 Å². The van der Waals surface area contributed by atoms with Gasteiger partial charge in [0.05, 0.1) is 28.9 Å². The Kier molecular flexibility index (Phi) is 8.68. The third kappa shape index (κ3) is 5.48. The van der Waals surface area contributed by atoms with Crippen LogP contribution in [0.1, 0.15) is 82.3 Å². The SMILES string of the molecule is Cc1cc(OCCCc2c3n(c4c(C5C(C)NNC5C)c(Cl)ccc24)[C@H](C)CN(c2cccc4c(C(=O)O)cn(C)c24)C3=O)cc(C)c1Cl. The molecule has 2 aliphatic rings.